The molecule has 2 rings (SSSR count). The molecular formula is C13H18ClN3. The lowest BCUT2D eigenvalue weighted by Crippen LogP contribution is -2.51. The van der Waals surface area contributed by atoms with Crippen molar-refractivity contribution in [3.05, 3.63) is 34.9 Å². The number of rotatable bonds is 2. The Bertz CT molecular complexity index is 456. The van der Waals surface area contributed by atoms with Crippen LogP contribution >= 0.6 is 11.6 Å². The predicted octanol–water partition coefficient (Wildman–Crippen LogP) is 2.59. The van der Waals surface area contributed by atoms with E-state index in [9.17, 15) is 0 Å². The second kappa shape index (κ2) is 4.22. The minimum absolute atomic E-state index is 0.191. The van der Waals surface area contributed by atoms with E-state index in [-0.39, 0.29) is 5.54 Å². The van der Waals surface area contributed by atoms with Crippen LogP contribution in [0.1, 0.15) is 26.3 Å². The van der Waals surface area contributed by atoms with Gasteiger partial charge in [-0.3, -0.25) is 4.99 Å². The maximum Gasteiger partial charge on any atom is 0.192 e. The number of guanidine groups is 1. The third kappa shape index (κ3) is 2.00. The first-order chi connectivity index (χ1) is 7.95. The van der Waals surface area contributed by atoms with E-state index in [0.717, 1.165) is 10.6 Å². The molecule has 0 spiro atoms. The van der Waals surface area contributed by atoms with Crippen LogP contribution in [0.5, 0.6) is 0 Å². The molecule has 92 valence electrons. The molecule has 4 heteroatoms. The van der Waals surface area contributed by atoms with Gasteiger partial charge in [0.15, 0.2) is 5.96 Å². The Kier molecular flexibility index (Phi) is 3.04. The normalized spacial score (nSPS) is 24.3. The zero-order chi connectivity index (χ0) is 12.6. The van der Waals surface area contributed by atoms with E-state index in [1.807, 2.05) is 18.2 Å². The van der Waals surface area contributed by atoms with Crippen molar-refractivity contribution in [1.29, 1.82) is 0 Å². The highest BCUT2D eigenvalue weighted by atomic mass is 35.5. The topological polar surface area (TPSA) is 41.6 Å². The van der Waals surface area contributed by atoms with Crippen molar-refractivity contribution in [3.8, 4) is 0 Å². The van der Waals surface area contributed by atoms with Crippen LogP contribution < -0.4 is 5.73 Å². The lowest BCUT2D eigenvalue weighted by atomic mass is 9.90. The van der Waals surface area contributed by atoms with E-state index in [1.54, 1.807) is 0 Å². The molecule has 1 aliphatic rings. The molecule has 0 aliphatic carbocycles. The summed E-state index contributed by atoms with van der Waals surface area (Å²) in [5.41, 5.74) is 6.94. The Balaban J connectivity index is 2.43. The zero-order valence-electron chi connectivity index (χ0n) is 10.4. The molecule has 1 heterocycles. The van der Waals surface area contributed by atoms with E-state index in [1.165, 1.54) is 0 Å². The summed E-state index contributed by atoms with van der Waals surface area (Å²) in [5, 5.41) is 0.748. The van der Waals surface area contributed by atoms with Crippen LogP contribution in [0.3, 0.4) is 0 Å². The van der Waals surface area contributed by atoms with Crippen LogP contribution in [0.4, 0.5) is 0 Å². The molecule has 1 aromatic carbocycles. The molecule has 0 saturated carbocycles. The Hall–Kier alpha value is -1.22. The lowest BCUT2D eigenvalue weighted by Gasteiger charge is -2.39. The maximum atomic E-state index is 6.06. The molecule has 0 fully saturated rings. The Morgan fingerprint density at radius 3 is 2.76 bits per heavy atom. The predicted molar refractivity (Wildman–Crippen MR) is 72.3 cm³/mol. The average molecular weight is 252 g/mol. The maximum absolute atomic E-state index is 6.06. The number of halogens is 1. The summed E-state index contributed by atoms with van der Waals surface area (Å²) in [4.78, 5) is 6.53. The monoisotopic (exact) mass is 251 g/mol. The molecule has 17 heavy (non-hydrogen) atoms. The summed E-state index contributed by atoms with van der Waals surface area (Å²) in [7, 11) is 0. The SMILES string of the molecule is CC(C)N1C(N)=NCC1(C)c1cccc(Cl)c1. The van der Waals surface area contributed by atoms with Gasteiger partial charge >= 0.3 is 0 Å². The van der Waals surface area contributed by atoms with Gasteiger partial charge in [-0.1, -0.05) is 23.7 Å². The van der Waals surface area contributed by atoms with Crippen LogP contribution in [-0.2, 0) is 5.54 Å². The molecule has 1 atom stereocenters. The van der Waals surface area contributed by atoms with Crippen molar-refractivity contribution in [2.24, 2.45) is 10.7 Å². The highest BCUT2D eigenvalue weighted by molar-refractivity contribution is 6.30. The van der Waals surface area contributed by atoms with Gasteiger partial charge in [-0.15, -0.1) is 0 Å². The van der Waals surface area contributed by atoms with Crippen molar-refractivity contribution in [3.63, 3.8) is 0 Å². The molecular weight excluding hydrogens is 234 g/mol. The summed E-state index contributed by atoms with van der Waals surface area (Å²) in [6.45, 7) is 7.08. The second-order valence-corrected chi connectivity index (χ2v) is 5.36. The summed E-state index contributed by atoms with van der Waals surface area (Å²) in [5.74, 6) is 0.613. The fourth-order valence-electron chi connectivity index (χ4n) is 2.53. The van der Waals surface area contributed by atoms with Crippen LogP contribution in [0, 0.1) is 0 Å². The molecule has 1 unspecified atom stereocenters. The number of benzene rings is 1. The number of hydrogen-bond acceptors (Lipinski definition) is 3. The van der Waals surface area contributed by atoms with Gasteiger partial charge in [0.25, 0.3) is 0 Å². The van der Waals surface area contributed by atoms with Crippen molar-refractivity contribution < 1.29 is 0 Å². The smallest absolute Gasteiger partial charge is 0.192 e. The van der Waals surface area contributed by atoms with E-state index in [2.05, 4.69) is 36.7 Å². The van der Waals surface area contributed by atoms with Gasteiger partial charge in [-0.25, -0.2) is 0 Å². The summed E-state index contributed by atoms with van der Waals surface area (Å²) < 4.78 is 0. The molecule has 0 bridgehead atoms. The molecule has 3 nitrogen and oxygen atoms in total. The summed E-state index contributed by atoms with van der Waals surface area (Å²) in [6.07, 6.45) is 0. The van der Waals surface area contributed by atoms with Gasteiger partial charge in [0.2, 0.25) is 0 Å². The van der Waals surface area contributed by atoms with Crippen molar-refractivity contribution in [1.82, 2.24) is 4.90 Å². The highest BCUT2D eigenvalue weighted by Crippen LogP contribution is 2.35. The number of nitrogens with zero attached hydrogens (tertiary/aromatic N) is 2. The highest BCUT2D eigenvalue weighted by Gasteiger charge is 2.40. The Labute approximate surface area is 107 Å². The number of nitrogens with two attached hydrogens (primary N) is 1. The van der Waals surface area contributed by atoms with E-state index in [0.29, 0.717) is 18.5 Å². The molecule has 1 aromatic rings. The minimum Gasteiger partial charge on any atom is -0.370 e. The van der Waals surface area contributed by atoms with Gasteiger partial charge in [0.05, 0.1) is 12.1 Å². The van der Waals surface area contributed by atoms with Crippen LogP contribution in [0.15, 0.2) is 29.3 Å². The third-order valence-electron chi connectivity index (χ3n) is 3.29. The largest absolute Gasteiger partial charge is 0.370 e. The first-order valence-corrected chi connectivity index (χ1v) is 6.18. The van der Waals surface area contributed by atoms with Gasteiger partial charge < -0.3 is 10.6 Å². The van der Waals surface area contributed by atoms with Crippen molar-refractivity contribution >= 4 is 17.6 Å². The van der Waals surface area contributed by atoms with Gasteiger partial charge in [0, 0.05) is 11.1 Å². The van der Waals surface area contributed by atoms with E-state index >= 15 is 0 Å². The zero-order valence-corrected chi connectivity index (χ0v) is 11.2. The molecule has 2 N–H and O–H groups in total. The molecule has 0 amide bonds. The summed E-state index contributed by atoms with van der Waals surface area (Å²) >= 11 is 6.06. The average Bonchev–Trinajstić information content (AvgIpc) is 2.56. The standard InChI is InChI=1S/C13H18ClN3/c1-9(2)17-12(15)16-8-13(17,3)10-5-4-6-11(14)7-10/h4-7,9H,8H2,1-3H3,(H2,15,16). The number of aliphatic imine (C=N–C) groups is 1. The first-order valence-electron chi connectivity index (χ1n) is 5.80. The summed E-state index contributed by atoms with van der Waals surface area (Å²) in [6, 6.07) is 8.23. The van der Waals surface area contributed by atoms with Crippen LogP contribution in [0.25, 0.3) is 0 Å². The van der Waals surface area contributed by atoms with E-state index in [4.69, 9.17) is 17.3 Å². The fourth-order valence-corrected chi connectivity index (χ4v) is 2.72. The van der Waals surface area contributed by atoms with Gasteiger partial charge in [-0.2, -0.15) is 0 Å². The van der Waals surface area contributed by atoms with E-state index < -0.39 is 0 Å². The van der Waals surface area contributed by atoms with Crippen molar-refractivity contribution in [2.45, 2.75) is 32.4 Å². The molecule has 0 aromatic heterocycles. The second-order valence-electron chi connectivity index (χ2n) is 4.92. The third-order valence-corrected chi connectivity index (χ3v) is 3.53. The van der Waals surface area contributed by atoms with Crippen molar-refractivity contribution in [2.75, 3.05) is 6.54 Å². The Morgan fingerprint density at radius 1 is 1.47 bits per heavy atom. The van der Waals surface area contributed by atoms with Gasteiger partial charge in [0.1, 0.15) is 0 Å². The lowest BCUT2D eigenvalue weighted by molar-refractivity contribution is 0.185. The first kappa shape index (κ1) is 12.2. The van der Waals surface area contributed by atoms with Crippen LogP contribution in [0.2, 0.25) is 5.02 Å². The minimum atomic E-state index is -0.191. The Morgan fingerprint density at radius 2 is 2.18 bits per heavy atom. The van der Waals surface area contributed by atoms with Crippen LogP contribution in [-0.4, -0.2) is 23.4 Å². The fraction of sp³-hybridized carbons (Fsp3) is 0.462. The quantitative estimate of drug-likeness (QED) is 0.878. The molecule has 0 saturated heterocycles. The molecule has 0 radical (unpaired) electrons. The van der Waals surface area contributed by atoms with Gasteiger partial charge in [-0.05, 0) is 38.5 Å². The number of hydrogen-bond donors (Lipinski definition) is 1. The molecule has 1 aliphatic heterocycles.